The van der Waals surface area contributed by atoms with Gasteiger partial charge in [-0.3, -0.25) is 14.3 Å². The molecule has 2 amide bonds. The van der Waals surface area contributed by atoms with E-state index in [0.717, 1.165) is 29.9 Å². The molecule has 1 aromatic heterocycles. The third-order valence-corrected chi connectivity index (χ3v) is 4.50. The van der Waals surface area contributed by atoms with Crippen molar-refractivity contribution >= 4 is 11.8 Å². The number of aromatic nitrogens is 2. The maximum absolute atomic E-state index is 12.5. The highest BCUT2D eigenvalue weighted by molar-refractivity contribution is 5.97. The molecule has 2 aromatic rings. The Labute approximate surface area is 161 Å². The van der Waals surface area contributed by atoms with Gasteiger partial charge in [0.25, 0.3) is 5.91 Å². The molecule has 1 unspecified atom stereocenters. The summed E-state index contributed by atoms with van der Waals surface area (Å²) < 4.78 is 1.95. The van der Waals surface area contributed by atoms with E-state index in [1.807, 2.05) is 57.5 Å². The molecule has 1 aromatic carbocycles. The van der Waals surface area contributed by atoms with Crippen LogP contribution in [0.25, 0.3) is 0 Å². The van der Waals surface area contributed by atoms with Crippen LogP contribution in [0.5, 0.6) is 0 Å². The van der Waals surface area contributed by atoms with Gasteiger partial charge in [0.1, 0.15) is 6.04 Å². The second-order valence-electron chi connectivity index (χ2n) is 7.36. The lowest BCUT2D eigenvalue weighted by Gasteiger charge is -2.22. The number of rotatable bonds is 8. The second-order valence-corrected chi connectivity index (χ2v) is 7.36. The molecule has 2 N–H and O–H groups in total. The summed E-state index contributed by atoms with van der Waals surface area (Å²) in [4.78, 5) is 25.0. The van der Waals surface area contributed by atoms with Crippen molar-refractivity contribution in [2.45, 2.75) is 53.6 Å². The average molecular weight is 370 g/mol. The maximum Gasteiger partial charge on any atom is 0.251 e. The summed E-state index contributed by atoms with van der Waals surface area (Å²) >= 11 is 0. The number of carbonyl (C=O) groups excluding carboxylic acids is 2. The van der Waals surface area contributed by atoms with Crippen LogP contribution in [0.4, 0.5) is 0 Å². The van der Waals surface area contributed by atoms with Crippen LogP contribution in [0.2, 0.25) is 0 Å². The maximum atomic E-state index is 12.5. The van der Waals surface area contributed by atoms with Gasteiger partial charge in [0.05, 0.1) is 5.69 Å². The van der Waals surface area contributed by atoms with Gasteiger partial charge in [-0.15, -0.1) is 0 Å². The first-order valence-electron chi connectivity index (χ1n) is 9.44. The number of nitrogens with zero attached hydrogens (tertiary/aromatic N) is 2. The first-order chi connectivity index (χ1) is 12.8. The SMILES string of the molecule is Cc1ccc(C(=O)NC(C(=O)NCCCn2nc(C)cc2C)C(C)C)cc1. The Kier molecular flexibility index (Phi) is 7.16. The number of aryl methyl sites for hydroxylation is 4. The van der Waals surface area contributed by atoms with Gasteiger partial charge in [0.2, 0.25) is 5.91 Å². The average Bonchev–Trinajstić information content (AvgIpc) is 2.93. The predicted octanol–water partition coefficient (Wildman–Crippen LogP) is 2.77. The van der Waals surface area contributed by atoms with Crippen molar-refractivity contribution in [2.75, 3.05) is 6.54 Å². The Hall–Kier alpha value is -2.63. The van der Waals surface area contributed by atoms with Crippen molar-refractivity contribution < 1.29 is 9.59 Å². The van der Waals surface area contributed by atoms with Crippen LogP contribution >= 0.6 is 0 Å². The molecule has 0 aliphatic rings. The predicted molar refractivity (Wildman–Crippen MR) is 107 cm³/mol. The molecule has 6 heteroatoms. The molecule has 0 aliphatic heterocycles. The summed E-state index contributed by atoms with van der Waals surface area (Å²) in [5, 5.41) is 10.2. The zero-order valence-corrected chi connectivity index (χ0v) is 16.9. The van der Waals surface area contributed by atoms with Crippen molar-refractivity contribution in [3.63, 3.8) is 0 Å². The minimum Gasteiger partial charge on any atom is -0.354 e. The minimum absolute atomic E-state index is 0.00425. The first kappa shape index (κ1) is 20.7. The van der Waals surface area contributed by atoms with Gasteiger partial charge in [0, 0.05) is 24.3 Å². The van der Waals surface area contributed by atoms with Gasteiger partial charge in [-0.25, -0.2) is 0 Å². The monoisotopic (exact) mass is 370 g/mol. The highest BCUT2D eigenvalue weighted by Gasteiger charge is 2.24. The first-order valence-corrected chi connectivity index (χ1v) is 9.44. The van der Waals surface area contributed by atoms with E-state index >= 15 is 0 Å². The van der Waals surface area contributed by atoms with E-state index in [1.165, 1.54) is 0 Å². The number of amides is 2. The Bertz CT molecular complexity index is 778. The van der Waals surface area contributed by atoms with Gasteiger partial charge in [-0.1, -0.05) is 31.5 Å². The Morgan fingerprint density at radius 3 is 2.33 bits per heavy atom. The van der Waals surface area contributed by atoms with Crippen LogP contribution in [0.3, 0.4) is 0 Å². The third-order valence-electron chi connectivity index (χ3n) is 4.50. The molecule has 27 heavy (non-hydrogen) atoms. The van der Waals surface area contributed by atoms with Crippen molar-refractivity contribution in [3.8, 4) is 0 Å². The van der Waals surface area contributed by atoms with E-state index < -0.39 is 6.04 Å². The highest BCUT2D eigenvalue weighted by Crippen LogP contribution is 2.07. The molecule has 0 radical (unpaired) electrons. The quantitative estimate of drug-likeness (QED) is 0.702. The van der Waals surface area contributed by atoms with Crippen molar-refractivity contribution in [1.29, 1.82) is 0 Å². The zero-order chi connectivity index (χ0) is 20.0. The number of nitrogens with one attached hydrogen (secondary N) is 2. The van der Waals surface area contributed by atoms with Crippen molar-refractivity contribution in [2.24, 2.45) is 5.92 Å². The molecule has 0 saturated heterocycles. The molecule has 1 atom stereocenters. The minimum atomic E-state index is -0.563. The molecule has 0 saturated carbocycles. The highest BCUT2D eigenvalue weighted by atomic mass is 16.2. The topological polar surface area (TPSA) is 76.0 Å². The van der Waals surface area contributed by atoms with Gasteiger partial charge in [-0.05, 0) is 51.3 Å². The number of hydrogen-bond acceptors (Lipinski definition) is 3. The number of benzene rings is 1. The molecule has 2 rings (SSSR count). The van der Waals surface area contributed by atoms with Gasteiger partial charge in [-0.2, -0.15) is 5.10 Å². The van der Waals surface area contributed by atoms with Gasteiger partial charge < -0.3 is 10.6 Å². The standard InChI is InChI=1S/C21H30N4O2/c1-14(2)19(23-20(26)18-9-7-15(3)8-10-18)21(27)22-11-6-12-25-17(5)13-16(4)24-25/h7-10,13-14,19H,6,11-12H2,1-5H3,(H,22,27)(H,23,26). The lowest BCUT2D eigenvalue weighted by molar-refractivity contribution is -0.123. The van der Waals surface area contributed by atoms with Crippen LogP contribution in [0.1, 0.15) is 47.6 Å². The fourth-order valence-electron chi connectivity index (χ4n) is 2.92. The second kappa shape index (κ2) is 9.35. The van der Waals surface area contributed by atoms with E-state index in [-0.39, 0.29) is 17.7 Å². The van der Waals surface area contributed by atoms with E-state index in [9.17, 15) is 9.59 Å². The lowest BCUT2D eigenvalue weighted by Crippen LogP contribution is -2.50. The Morgan fingerprint density at radius 2 is 1.78 bits per heavy atom. The molecular weight excluding hydrogens is 340 g/mol. The summed E-state index contributed by atoms with van der Waals surface area (Å²) in [7, 11) is 0. The van der Waals surface area contributed by atoms with Crippen LogP contribution in [0, 0.1) is 26.7 Å². The third kappa shape index (κ3) is 5.94. The summed E-state index contributed by atoms with van der Waals surface area (Å²) in [5.41, 5.74) is 3.76. The molecule has 0 bridgehead atoms. The number of hydrogen-bond donors (Lipinski definition) is 2. The molecule has 0 fully saturated rings. The molecular formula is C21H30N4O2. The van der Waals surface area contributed by atoms with Crippen molar-refractivity contribution in [3.05, 3.63) is 52.8 Å². The van der Waals surface area contributed by atoms with E-state index in [0.29, 0.717) is 12.1 Å². The van der Waals surface area contributed by atoms with Crippen molar-refractivity contribution in [1.82, 2.24) is 20.4 Å². The van der Waals surface area contributed by atoms with E-state index in [4.69, 9.17) is 0 Å². The fraction of sp³-hybridized carbons (Fsp3) is 0.476. The van der Waals surface area contributed by atoms with E-state index in [2.05, 4.69) is 15.7 Å². The lowest BCUT2D eigenvalue weighted by atomic mass is 10.0. The van der Waals surface area contributed by atoms with E-state index in [1.54, 1.807) is 12.1 Å². The molecule has 0 spiro atoms. The molecule has 6 nitrogen and oxygen atoms in total. The van der Waals surface area contributed by atoms with Gasteiger partial charge in [0.15, 0.2) is 0 Å². The van der Waals surface area contributed by atoms with Gasteiger partial charge >= 0.3 is 0 Å². The smallest absolute Gasteiger partial charge is 0.251 e. The van der Waals surface area contributed by atoms with Crippen LogP contribution in [-0.4, -0.2) is 34.2 Å². The summed E-state index contributed by atoms with van der Waals surface area (Å²) in [5.74, 6) is -0.388. The van der Waals surface area contributed by atoms with Crippen LogP contribution in [-0.2, 0) is 11.3 Å². The largest absolute Gasteiger partial charge is 0.354 e. The van der Waals surface area contributed by atoms with Crippen LogP contribution in [0.15, 0.2) is 30.3 Å². The zero-order valence-electron chi connectivity index (χ0n) is 16.9. The summed E-state index contributed by atoms with van der Waals surface area (Å²) in [6.45, 7) is 11.1. The summed E-state index contributed by atoms with van der Waals surface area (Å²) in [6, 6.07) is 8.79. The number of carbonyl (C=O) groups is 2. The molecule has 1 heterocycles. The Morgan fingerprint density at radius 1 is 1.11 bits per heavy atom. The van der Waals surface area contributed by atoms with Crippen LogP contribution < -0.4 is 10.6 Å². The molecule has 146 valence electrons. The molecule has 0 aliphatic carbocycles. The fourth-order valence-corrected chi connectivity index (χ4v) is 2.92. The Balaban J connectivity index is 1.85. The summed E-state index contributed by atoms with van der Waals surface area (Å²) in [6.07, 6.45) is 0.782. The normalized spacial score (nSPS) is 12.1.